The van der Waals surface area contributed by atoms with Crippen molar-refractivity contribution in [2.24, 2.45) is 0 Å². The second-order valence-corrected chi connectivity index (χ2v) is 8.52. The number of nitrogens with one attached hydrogen (secondary N) is 1. The summed E-state index contributed by atoms with van der Waals surface area (Å²) in [5, 5.41) is 8.25. The maximum atomic E-state index is 11.7. The summed E-state index contributed by atoms with van der Waals surface area (Å²) < 4.78 is 6.71. The minimum absolute atomic E-state index is 0.523. The second-order valence-electron chi connectivity index (χ2n) is 7.52. The van der Waals surface area contributed by atoms with Crippen LogP contribution in [-0.2, 0) is 17.6 Å². The first-order valence-corrected chi connectivity index (χ1v) is 10.8. The van der Waals surface area contributed by atoms with Crippen LogP contribution in [0.2, 0.25) is 0 Å². The molecule has 0 radical (unpaired) electrons. The number of carbonyl (C=O) groups excluding carboxylic acids is 1. The lowest BCUT2D eigenvalue weighted by atomic mass is 9.95. The summed E-state index contributed by atoms with van der Waals surface area (Å²) in [6, 6.07) is 12.4. The minimum Gasteiger partial charge on any atom is -0.453 e. The molecule has 0 aliphatic heterocycles. The van der Waals surface area contributed by atoms with E-state index < -0.39 is 6.09 Å². The molecule has 0 atom stereocenters. The molecule has 0 unspecified atom stereocenters. The van der Waals surface area contributed by atoms with E-state index in [1.807, 2.05) is 23.9 Å². The fraction of sp³-hybridized carbons (Fsp3) is 0.217. The number of carbonyl (C=O) groups is 1. The van der Waals surface area contributed by atoms with Crippen molar-refractivity contribution in [1.82, 2.24) is 19.7 Å². The molecule has 3 heterocycles. The van der Waals surface area contributed by atoms with E-state index in [4.69, 9.17) is 9.84 Å². The monoisotopic (exact) mass is 431 g/mol. The third-order valence-electron chi connectivity index (χ3n) is 5.37. The first-order valence-electron chi connectivity index (χ1n) is 10.0. The molecule has 0 saturated carbocycles. The van der Waals surface area contributed by atoms with Crippen LogP contribution in [-0.4, -0.2) is 33.0 Å². The van der Waals surface area contributed by atoms with E-state index in [1.165, 1.54) is 29.6 Å². The van der Waals surface area contributed by atoms with Crippen LogP contribution in [0.1, 0.15) is 22.5 Å². The van der Waals surface area contributed by atoms with Gasteiger partial charge in [-0.15, -0.1) is 0 Å². The molecule has 0 bridgehead atoms. The number of ether oxygens (including phenoxy) is 1. The molecule has 8 heteroatoms. The zero-order chi connectivity index (χ0) is 21.5. The molecule has 1 aromatic carbocycles. The Labute approximate surface area is 183 Å². The highest BCUT2D eigenvalue weighted by atomic mass is 32.1. The third kappa shape index (κ3) is 3.48. The molecule has 1 N–H and O–H groups in total. The SMILES string of the molecule is COC(=O)Nc1nc2c(s1)-c1c(c(-c3ccc(C)nc3)nn1-c1ccc(C)cc1)CC2. The number of anilines is 1. The highest BCUT2D eigenvalue weighted by molar-refractivity contribution is 7.19. The van der Waals surface area contributed by atoms with Crippen LogP contribution < -0.4 is 5.32 Å². The van der Waals surface area contributed by atoms with Gasteiger partial charge in [0.1, 0.15) is 0 Å². The number of pyridine rings is 1. The van der Waals surface area contributed by atoms with Crippen LogP contribution in [0.25, 0.3) is 27.5 Å². The Morgan fingerprint density at radius 2 is 1.94 bits per heavy atom. The van der Waals surface area contributed by atoms with Crippen LogP contribution >= 0.6 is 11.3 Å². The number of nitrogens with zero attached hydrogens (tertiary/aromatic N) is 4. The molecule has 0 spiro atoms. The lowest BCUT2D eigenvalue weighted by Crippen LogP contribution is -2.10. The standard InChI is InChI=1S/C23H21N5O2S/c1-13-4-8-16(9-5-13)28-20-17(19(27-28)15-7-6-14(2)24-12-15)10-11-18-21(20)31-22(25-18)26-23(29)30-3/h4-9,12H,10-11H2,1-3H3,(H,25,26,29). The third-order valence-corrected chi connectivity index (χ3v) is 6.39. The van der Waals surface area contributed by atoms with Crippen molar-refractivity contribution in [3.8, 4) is 27.5 Å². The van der Waals surface area contributed by atoms with E-state index in [9.17, 15) is 4.79 Å². The summed E-state index contributed by atoms with van der Waals surface area (Å²) in [4.78, 5) is 21.8. The van der Waals surface area contributed by atoms with Gasteiger partial charge in [-0.25, -0.2) is 14.5 Å². The van der Waals surface area contributed by atoms with Gasteiger partial charge >= 0.3 is 6.09 Å². The Morgan fingerprint density at radius 1 is 1.13 bits per heavy atom. The van der Waals surface area contributed by atoms with E-state index in [-0.39, 0.29) is 0 Å². The predicted octanol–water partition coefficient (Wildman–Crippen LogP) is 4.95. The Hall–Kier alpha value is -3.52. The normalized spacial score (nSPS) is 12.2. The molecule has 1 aliphatic rings. The zero-order valence-electron chi connectivity index (χ0n) is 17.5. The molecule has 0 saturated heterocycles. The van der Waals surface area contributed by atoms with E-state index in [2.05, 4.69) is 52.5 Å². The van der Waals surface area contributed by atoms with Gasteiger partial charge in [0.05, 0.1) is 34.8 Å². The van der Waals surface area contributed by atoms with Gasteiger partial charge in [-0.1, -0.05) is 29.0 Å². The van der Waals surface area contributed by atoms with E-state index in [0.29, 0.717) is 5.13 Å². The van der Waals surface area contributed by atoms with Gasteiger partial charge in [-0.05, 0) is 51.0 Å². The van der Waals surface area contributed by atoms with Gasteiger partial charge in [-0.2, -0.15) is 5.10 Å². The first kappa shape index (κ1) is 19.4. The number of aromatic nitrogens is 4. The topological polar surface area (TPSA) is 81.9 Å². The highest BCUT2D eigenvalue weighted by Crippen LogP contribution is 2.44. The van der Waals surface area contributed by atoms with Crippen LogP contribution in [0.5, 0.6) is 0 Å². The molecule has 3 aromatic heterocycles. The summed E-state index contributed by atoms with van der Waals surface area (Å²) >= 11 is 1.45. The molecule has 1 aliphatic carbocycles. The highest BCUT2D eigenvalue weighted by Gasteiger charge is 2.30. The van der Waals surface area contributed by atoms with Crippen molar-refractivity contribution in [2.45, 2.75) is 26.7 Å². The zero-order valence-corrected chi connectivity index (χ0v) is 18.3. The summed E-state index contributed by atoms with van der Waals surface area (Å²) in [6.07, 6.45) is 2.96. The lowest BCUT2D eigenvalue weighted by Gasteiger charge is -2.14. The van der Waals surface area contributed by atoms with Gasteiger partial charge in [-0.3, -0.25) is 10.3 Å². The fourth-order valence-corrected chi connectivity index (χ4v) is 4.83. The smallest absolute Gasteiger partial charge is 0.413 e. The maximum absolute atomic E-state index is 11.7. The van der Waals surface area contributed by atoms with Crippen molar-refractivity contribution in [3.05, 3.63) is 65.1 Å². The Morgan fingerprint density at radius 3 is 2.65 bits per heavy atom. The van der Waals surface area contributed by atoms with E-state index in [1.54, 1.807) is 0 Å². The molecular formula is C23H21N5O2S. The minimum atomic E-state index is -0.523. The predicted molar refractivity (Wildman–Crippen MR) is 121 cm³/mol. The number of amides is 1. The quantitative estimate of drug-likeness (QED) is 0.496. The van der Waals surface area contributed by atoms with Crippen molar-refractivity contribution >= 4 is 22.6 Å². The molecule has 31 heavy (non-hydrogen) atoms. The molecule has 156 valence electrons. The maximum Gasteiger partial charge on any atom is 0.413 e. The number of methoxy groups -OCH3 is 1. The summed E-state index contributed by atoms with van der Waals surface area (Å²) in [5.74, 6) is 0. The van der Waals surface area contributed by atoms with Gasteiger partial charge in [0.15, 0.2) is 5.13 Å². The van der Waals surface area contributed by atoms with Crippen molar-refractivity contribution in [3.63, 3.8) is 0 Å². The van der Waals surface area contributed by atoms with Gasteiger partial charge in [0.2, 0.25) is 0 Å². The van der Waals surface area contributed by atoms with Gasteiger partial charge < -0.3 is 4.74 Å². The van der Waals surface area contributed by atoms with E-state index >= 15 is 0 Å². The van der Waals surface area contributed by atoms with Crippen molar-refractivity contribution in [1.29, 1.82) is 0 Å². The Balaban J connectivity index is 1.70. The van der Waals surface area contributed by atoms with Crippen molar-refractivity contribution < 1.29 is 9.53 Å². The van der Waals surface area contributed by atoms with Crippen LogP contribution in [0.3, 0.4) is 0 Å². The number of hydrogen-bond donors (Lipinski definition) is 1. The average Bonchev–Trinajstić information content (AvgIpc) is 3.35. The number of thiazole rings is 1. The molecule has 0 fully saturated rings. The Kier molecular flexibility index (Phi) is 4.78. The number of aryl methyl sites for hydroxylation is 3. The fourth-order valence-electron chi connectivity index (χ4n) is 3.77. The van der Waals surface area contributed by atoms with Crippen molar-refractivity contribution in [2.75, 3.05) is 12.4 Å². The molecule has 1 amide bonds. The molecular weight excluding hydrogens is 410 g/mol. The summed E-state index contributed by atoms with van der Waals surface area (Å²) in [7, 11) is 1.34. The summed E-state index contributed by atoms with van der Waals surface area (Å²) in [6.45, 7) is 4.04. The number of fused-ring (bicyclic) bond motifs is 3. The number of rotatable bonds is 3. The Bertz CT molecular complexity index is 1270. The number of benzene rings is 1. The van der Waals surface area contributed by atoms with Crippen LogP contribution in [0.15, 0.2) is 42.6 Å². The van der Waals surface area contributed by atoms with E-state index in [0.717, 1.165) is 51.7 Å². The molecule has 7 nitrogen and oxygen atoms in total. The molecule has 4 aromatic rings. The molecule has 5 rings (SSSR count). The first-order chi connectivity index (χ1) is 15.0. The van der Waals surface area contributed by atoms with Gasteiger partial charge in [0, 0.05) is 23.0 Å². The largest absolute Gasteiger partial charge is 0.453 e. The van der Waals surface area contributed by atoms with Crippen LogP contribution in [0, 0.1) is 13.8 Å². The summed E-state index contributed by atoms with van der Waals surface area (Å²) in [5.41, 5.74) is 8.23. The average molecular weight is 432 g/mol. The van der Waals surface area contributed by atoms with Crippen LogP contribution in [0.4, 0.5) is 9.93 Å². The van der Waals surface area contributed by atoms with Gasteiger partial charge in [0.25, 0.3) is 0 Å². The second kappa shape index (κ2) is 7.63. The lowest BCUT2D eigenvalue weighted by molar-refractivity contribution is 0.187. The number of hydrogen-bond acceptors (Lipinski definition) is 6.